The van der Waals surface area contributed by atoms with Crippen LogP contribution in [0.5, 0.6) is 0 Å². The highest BCUT2D eigenvalue weighted by atomic mass is 32.3. The molecule has 0 atom stereocenters. The van der Waals surface area contributed by atoms with E-state index < -0.39 is 76.7 Å². The van der Waals surface area contributed by atoms with E-state index in [0.717, 1.165) is 20.6 Å². The third-order valence-electron chi connectivity index (χ3n) is 10.6. The van der Waals surface area contributed by atoms with E-state index >= 15 is 0 Å². The van der Waals surface area contributed by atoms with Gasteiger partial charge in [0.25, 0.3) is 0 Å². The number of alkyl halides is 12. The largest absolute Gasteiger partial charge is 0.480 e. The number of hydrogen-bond acceptors (Lipinski definition) is 8. The molecule has 0 N–H and O–H groups in total. The molecule has 0 saturated carbocycles. The van der Waals surface area contributed by atoms with Crippen LogP contribution in [0.2, 0.25) is 0 Å². The minimum Gasteiger partial charge on any atom is -0.421 e. The van der Waals surface area contributed by atoms with Crippen LogP contribution in [0.25, 0.3) is 8.25 Å². The lowest BCUT2D eigenvalue weighted by Crippen LogP contribution is -2.32. The van der Waals surface area contributed by atoms with Gasteiger partial charge in [-0.3, -0.25) is 0 Å². The fraction of sp³-hybridized carbons (Fsp3) is 0.125. The topological polar surface area (TPSA) is 165 Å². The fourth-order valence-corrected chi connectivity index (χ4v) is 19.2. The van der Waals surface area contributed by atoms with E-state index in [1.54, 1.807) is 0 Å². The number of benzene rings is 7. The van der Waals surface area contributed by atoms with Gasteiger partial charge in [-0.05, 0) is 83.9 Å². The Hall–Kier alpha value is -5.72. The van der Waals surface area contributed by atoms with Crippen molar-refractivity contribution >= 4 is 86.4 Å². The third-order valence-corrected chi connectivity index (χ3v) is 24.8. The second-order valence-corrected chi connectivity index (χ2v) is 29.4. The summed E-state index contributed by atoms with van der Waals surface area (Å²) < 4.78 is 218. The minimum atomic E-state index is -6.72. The molecule has 0 aliphatic heterocycles. The summed E-state index contributed by atoms with van der Waals surface area (Å²) in [5.41, 5.74) is -22.1. The Kier molecular flexibility index (Phi) is 19.2. The molecule has 0 radical (unpaired) electrons. The van der Waals surface area contributed by atoms with E-state index in [-0.39, 0.29) is 0 Å². The molecule has 0 heterocycles. The van der Waals surface area contributed by atoms with Gasteiger partial charge in [0.05, 0.1) is 12.3 Å². The van der Waals surface area contributed by atoms with Crippen LogP contribution in [0, 0.1) is 0 Å². The number of nitrogens with zero attached hydrogens (tertiary/aromatic N) is 2. The van der Waals surface area contributed by atoms with Crippen LogP contribution < -0.4 is 31.8 Å². The molecule has 0 aliphatic rings. The Morgan fingerprint density at radius 3 is 0.539 bits per heavy atom. The maximum atomic E-state index is 11.4. The normalized spacial score (nSPS) is 13.1. The third kappa shape index (κ3) is 14.4. The van der Waals surface area contributed by atoms with Gasteiger partial charge in [0.2, 0.25) is 0 Å². The maximum Gasteiger partial charge on any atom is 0.480 e. The van der Waals surface area contributed by atoms with E-state index in [0.29, 0.717) is 0 Å². The van der Waals surface area contributed by atoms with Crippen LogP contribution in [-0.2, 0) is 52.4 Å². The molecule has 0 fully saturated rings. The first kappa shape index (κ1) is 61.1. The Labute approximate surface area is 430 Å². The van der Waals surface area contributed by atoms with Crippen molar-refractivity contribution in [2.75, 3.05) is 0 Å². The summed E-state index contributed by atoms with van der Waals surface area (Å²) in [5.74, 6) is 0. The number of halogens is 12. The molecular formula is C48H38F12N2O8P2S4. The van der Waals surface area contributed by atoms with Crippen LogP contribution in [0.15, 0.2) is 206 Å². The van der Waals surface area contributed by atoms with Crippen molar-refractivity contribution in [3.8, 4) is 0 Å². The Morgan fingerprint density at radius 1 is 0.263 bits per heavy atom. The number of rotatable bonds is 14. The molecule has 406 valence electrons. The monoisotopic (exact) mass is 1190 g/mol. The molecule has 0 aromatic heterocycles. The molecular weight excluding hydrogens is 1150 g/mol. The van der Waals surface area contributed by atoms with Gasteiger partial charge in [0.15, 0.2) is 40.1 Å². The van der Waals surface area contributed by atoms with Crippen molar-refractivity contribution < 1.29 is 86.4 Å². The molecule has 0 unspecified atom stereocenters. The molecule has 7 aromatic rings. The average molecular weight is 1190 g/mol. The lowest BCUT2D eigenvalue weighted by Gasteiger charge is -2.29. The van der Waals surface area contributed by atoms with E-state index in [1.807, 2.05) is 0 Å². The van der Waals surface area contributed by atoms with Crippen LogP contribution in [0.1, 0.15) is 11.1 Å². The average Bonchev–Trinajstić information content (AvgIpc) is 3.35. The van der Waals surface area contributed by atoms with Crippen molar-refractivity contribution in [2.24, 2.45) is 0 Å². The second kappa shape index (κ2) is 23.9. The van der Waals surface area contributed by atoms with Gasteiger partial charge >= 0.3 is 22.0 Å². The predicted molar refractivity (Wildman–Crippen MR) is 271 cm³/mol. The van der Waals surface area contributed by atoms with E-state index in [9.17, 15) is 86.4 Å². The van der Waals surface area contributed by atoms with E-state index in [1.165, 1.54) is 43.0 Å². The Balaban J connectivity index is 0.000000292. The zero-order valence-corrected chi connectivity index (χ0v) is 43.3. The molecule has 0 bridgehead atoms. The van der Waals surface area contributed by atoms with Crippen molar-refractivity contribution in [1.29, 1.82) is 0 Å². The molecule has 10 nitrogen and oxygen atoms in total. The first-order valence-electron chi connectivity index (χ1n) is 21.1. The smallest absolute Gasteiger partial charge is 0.421 e. The molecule has 0 spiro atoms. The van der Waals surface area contributed by atoms with Crippen LogP contribution in [-0.4, -0.2) is 55.7 Å². The lowest BCUT2D eigenvalue weighted by atomic mass is 10.2. The molecule has 0 amide bonds. The predicted octanol–water partition coefficient (Wildman–Crippen LogP) is 10.8. The van der Waals surface area contributed by atoms with Crippen molar-refractivity contribution in [1.82, 2.24) is 0 Å². The summed E-state index contributed by atoms with van der Waals surface area (Å²) in [6, 6.07) is 76.7. The quantitative estimate of drug-likeness (QED) is 0.0767. The van der Waals surface area contributed by atoms with E-state index in [4.69, 9.17) is 0 Å². The zero-order chi connectivity index (χ0) is 56.5. The van der Waals surface area contributed by atoms with Gasteiger partial charge in [0.1, 0.15) is 46.4 Å². The van der Waals surface area contributed by atoms with Gasteiger partial charge in [-0.1, -0.05) is 133 Å². The molecule has 7 rings (SSSR count). The van der Waals surface area contributed by atoms with Gasteiger partial charge < -0.3 is 8.25 Å². The number of sulfonamides is 4. The summed E-state index contributed by atoms with van der Waals surface area (Å²) >= 11 is 0. The summed E-state index contributed by atoms with van der Waals surface area (Å²) in [7, 11) is -30.8. The second-order valence-electron chi connectivity index (χ2n) is 15.6. The summed E-state index contributed by atoms with van der Waals surface area (Å²) in [5, 5.41) is 8.49. The highest BCUT2D eigenvalue weighted by molar-refractivity contribution is 8.13. The van der Waals surface area contributed by atoms with Gasteiger partial charge in [-0.25, -0.2) is 33.7 Å². The lowest BCUT2D eigenvalue weighted by molar-refractivity contribution is -0.0456. The maximum absolute atomic E-state index is 11.4. The van der Waals surface area contributed by atoms with Crippen LogP contribution in [0.3, 0.4) is 0 Å². The highest BCUT2D eigenvalue weighted by Crippen LogP contribution is 2.60. The Bertz CT molecular complexity index is 2950. The first-order chi connectivity index (χ1) is 35.2. The van der Waals surface area contributed by atoms with Crippen LogP contribution in [0.4, 0.5) is 52.7 Å². The Morgan fingerprint density at radius 2 is 0.408 bits per heavy atom. The van der Waals surface area contributed by atoms with E-state index in [2.05, 4.69) is 206 Å². The molecule has 0 saturated heterocycles. The molecule has 7 aromatic carbocycles. The first-order valence-corrected chi connectivity index (χ1v) is 30.8. The van der Waals surface area contributed by atoms with Gasteiger partial charge in [-0.15, -0.1) is 0 Å². The van der Waals surface area contributed by atoms with Crippen molar-refractivity contribution in [2.45, 2.75) is 34.4 Å². The van der Waals surface area contributed by atoms with Crippen molar-refractivity contribution in [3.63, 3.8) is 0 Å². The van der Waals surface area contributed by atoms with Crippen LogP contribution >= 0.6 is 14.5 Å². The van der Waals surface area contributed by atoms with Gasteiger partial charge in [-0.2, -0.15) is 52.7 Å². The number of hydrogen-bond donors (Lipinski definition) is 0. The minimum absolute atomic E-state index is 0.778. The van der Waals surface area contributed by atoms with Gasteiger partial charge in [0, 0.05) is 0 Å². The molecule has 76 heavy (non-hydrogen) atoms. The highest BCUT2D eigenvalue weighted by Gasteiger charge is 2.50. The molecule has 28 heteroatoms. The summed E-state index contributed by atoms with van der Waals surface area (Å²) in [4.78, 5) is 0. The summed E-state index contributed by atoms with van der Waals surface area (Å²) in [6.07, 6.45) is 1.95. The fourth-order valence-electron chi connectivity index (χ4n) is 7.26. The SMILES string of the molecule is O=S(=O)([N-]S(=O)(=O)C(F)(F)F)C(F)(F)F.O=S(=O)([N-]S(=O)(=O)C(F)(F)F)C(F)(F)F.c1ccc([P+](Cc2ccc(C[P+](c3ccccc3)(c3ccccc3)c3ccccc3)cc2)(c2ccccc2)c2ccccc2)cc1. The standard InChI is InChI=1S/C44H38P2.2C2F6NO4S2/c1-7-19-39(20-8-1)45(40-21-9-2-10-22-40,41-23-11-3-12-24-41)35-37-31-33-38(34-32-37)36-46(42-25-13-4-14-26-42,43-27-15-5-16-28-43)44-29-17-6-18-30-44;2*3-1(4,5)14(10,11)9-15(12,13)2(6,7)8/h1-34H,35-36H2;;/q+2;2*-1. The summed E-state index contributed by atoms with van der Waals surface area (Å²) in [6.45, 7) is 0. The zero-order valence-electron chi connectivity index (χ0n) is 38.3. The van der Waals surface area contributed by atoms with Crippen molar-refractivity contribution in [3.05, 3.63) is 226 Å². The molecule has 0 aliphatic carbocycles.